The number of nitrogens with one attached hydrogen (secondary N) is 1. The van der Waals surface area contributed by atoms with Crippen LogP contribution in [-0.2, 0) is 14.3 Å². The number of benzene rings is 1. The van der Waals surface area contributed by atoms with Gasteiger partial charge in [-0.2, -0.15) is 0 Å². The van der Waals surface area contributed by atoms with E-state index in [2.05, 4.69) is 5.32 Å². The molecule has 0 saturated heterocycles. The average Bonchev–Trinajstić information content (AvgIpc) is 2.55. The molecule has 0 fully saturated rings. The van der Waals surface area contributed by atoms with Crippen molar-refractivity contribution in [2.45, 2.75) is 27.7 Å². The topological polar surface area (TPSA) is 75.7 Å². The van der Waals surface area contributed by atoms with Gasteiger partial charge in [0.15, 0.2) is 0 Å². The molecular weight excluding hydrogens is 296 g/mol. The zero-order valence-corrected chi connectivity index (χ0v) is 14.3. The Morgan fingerprint density at radius 1 is 1.13 bits per heavy atom. The number of esters is 1. The Balaban J connectivity index is 3.03. The van der Waals surface area contributed by atoms with E-state index in [-0.39, 0.29) is 11.5 Å². The van der Waals surface area contributed by atoms with E-state index >= 15 is 0 Å². The van der Waals surface area contributed by atoms with E-state index in [0.29, 0.717) is 18.8 Å². The van der Waals surface area contributed by atoms with Gasteiger partial charge in [0, 0.05) is 13.1 Å². The van der Waals surface area contributed by atoms with Gasteiger partial charge in [0.2, 0.25) is 11.8 Å². The highest BCUT2D eigenvalue weighted by Gasteiger charge is 2.38. The van der Waals surface area contributed by atoms with Crippen LogP contribution >= 0.6 is 0 Å². The molecule has 0 bridgehead atoms. The number of anilines is 1. The molecule has 0 aliphatic carbocycles. The molecule has 6 heteroatoms. The fraction of sp³-hybridized carbons (Fsp3) is 0.471. The van der Waals surface area contributed by atoms with E-state index in [4.69, 9.17) is 4.74 Å². The number of ether oxygens (including phenoxy) is 1. The number of hydrogen-bond donors (Lipinski definition) is 1. The molecular formula is C17H24N2O4. The number of amides is 2. The van der Waals surface area contributed by atoms with Crippen molar-refractivity contribution in [3.63, 3.8) is 0 Å². The Kier molecular flexibility index (Phi) is 6.30. The third-order valence-corrected chi connectivity index (χ3v) is 3.73. The maximum Gasteiger partial charge on any atom is 0.339 e. The fourth-order valence-corrected chi connectivity index (χ4v) is 2.16. The summed E-state index contributed by atoms with van der Waals surface area (Å²) in [7, 11) is 1.27. The summed E-state index contributed by atoms with van der Waals surface area (Å²) in [6.07, 6.45) is 0. The number of methoxy groups -OCH3 is 1. The first-order valence-corrected chi connectivity index (χ1v) is 7.57. The molecule has 0 aliphatic heterocycles. The van der Waals surface area contributed by atoms with E-state index in [1.165, 1.54) is 7.11 Å². The second-order valence-corrected chi connectivity index (χ2v) is 5.59. The van der Waals surface area contributed by atoms with Crippen LogP contribution in [0.15, 0.2) is 24.3 Å². The van der Waals surface area contributed by atoms with E-state index in [9.17, 15) is 14.4 Å². The van der Waals surface area contributed by atoms with Gasteiger partial charge in [-0.15, -0.1) is 0 Å². The van der Waals surface area contributed by atoms with E-state index < -0.39 is 17.3 Å². The highest BCUT2D eigenvalue weighted by Crippen LogP contribution is 2.24. The molecule has 0 aromatic heterocycles. The maximum atomic E-state index is 12.6. The van der Waals surface area contributed by atoms with Crippen LogP contribution in [0, 0.1) is 5.41 Å². The highest BCUT2D eigenvalue weighted by molar-refractivity contribution is 6.11. The van der Waals surface area contributed by atoms with Gasteiger partial charge in [0.05, 0.1) is 18.4 Å². The normalized spacial score (nSPS) is 10.8. The molecule has 1 aromatic carbocycles. The summed E-state index contributed by atoms with van der Waals surface area (Å²) < 4.78 is 4.70. The molecule has 0 radical (unpaired) electrons. The smallest absolute Gasteiger partial charge is 0.339 e. The second-order valence-electron chi connectivity index (χ2n) is 5.59. The van der Waals surface area contributed by atoms with Crippen molar-refractivity contribution in [2.24, 2.45) is 5.41 Å². The van der Waals surface area contributed by atoms with Crippen molar-refractivity contribution >= 4 is 23.5 Å². The van der Waals surface area contributed by atoms with Crippen LogP contribution in [0.4, 0.5) is 5.69 Å². The number of carbonyl (C=O) groups is 3. The summed E-state index contributed by atoms with van der Waals surface area (Å²) in [5.41, 5.74) is -0.672. The summed E-state index contributed by atoms with van der Waals surface area (Å²) in [6, 6.07) is 6.53. The van der Waals surface area contributed by atoms with Gasteiger partial charge in [-0.3, -0.25) is 9.59 Å². The summed E-state index contributed by atoms with van der Waals surface area (Å²) in [6.45, 7) is 7.94. The molecule has 0 saturated carbocycles. The maximum absolute atomic E-state index is 12.6. The Morgan fingerprint density at radius 2 is 1.70 bits per heavy atom. The lowest BCUT2D eigenvalue weighted by molar-refractivity contribution is -0.146. The Morgan fingerprint density at radius 3 is 2.22 bits per heavy atom. The van der Waals surface area contributed by atoms with Crippen molar-refractivity contribution in [1.29, 1.82) is 0 Å². The summed E-state index contributed by atoms with van der Waals surface area (Å²) in [4.78, 5) is 38.4. The first-order valence-electron chi connectivity index (χ1n) is 7.57. The van der Waals surface area contributed by atoms with Crippen molar-refractivity contribution in [2.75, 3.05) is 25.5 Å². The SMILES string of the molecule is CCN(CC)C(=O)C(C)(C)C(=O)Nc1ccccc1C(=O)OC. The third kappa shape index (κ3) is 4.09. The van der Waals surface area contributed by atoms with E-state index in [1.54, 1.807) is 43.0 Å². The zero-order chi connectivity index (χ0) is 17.6. The molecule has 1 rings (SSSR count). The van der Waals surface area contributed by atoms with Crippen LogP contribution in [0.25, 0.3) is 0 Å². The summed E-state index contributed by atoms with van der Waals surface area (Å²) in [5, 5.41) is 2.66. The Labute approximate surface area is 136 Å². The van der Waals surface area contributed by atoms with E-state index in [1.807, 2.05) is 13.8 Å². The van der Waals surface area contributed by atoms with Crippen LogP contribution in [0.3, 0.4) is 0 Å². The largest absolute Gasteiger partial charge is 0.465 e. The number of hydrogen-bond acceptors (Lipinski definition) is 4. The van der Waals surface area contributed by atoms with Crippen molar-refractivity contribution in [1.82, 2.24) is 4.90 Å². The van der Waals surface area contributed by atoms with Gasteiger partial charge < -0.3 is 15.0 Å². The van der Waals surface area contributed by atoms with E-state index in [0.717, 1.165) is 0 Å². The predicted molar refractivity (Wildman–Crippen MR) is 88.1 cm³/mol. The molecule has 1 aromatic rings. The standard InChI is InChI=1S/C17H24N2O4/c1-6-19(7-2)16(22)17(3,4)15(21)18-13-11-9-8-10-12(13)14(20)23-5/h8-11H,6-7H2,1-5H3,(H,18,21). The van der Waals surface area contributed by atoms with Crippen LogP contribution in [-0.4, -0.2) is 42.9 Å². The van der Waals surface area contributed by atoms with Crippen LogP contribution in [0.2, 0.25) is 0 Å². The van der Waals surface area contributed by atoms with Crippen molar-refractivity contribution in [3.8, 4) is 0 Å². The fourth-order valence-electron chi connectivity index (χ4n) is 2.16. The molecule has 0 unspecified atom stereocenters. The molecule has 126 valence electrons. The molecule has 6 nitrogen and oxygen atoms in total. The first-order chi connectivity index (χ1) is 10.8. The Hall–Kier alpha value is -2.37. The minimum atomic E-state index is -1.24. The zero-order valence-electron chi connectivity index (χ0n) is 14.3. The third-order valence-electron chi connectivity index (χ3n) is 3.73. The number of rotatable bonds is 6. The molecule has 0 heterocycles. The number of nitrogens with zero attached hydrogens (tertiary/aromatic N) is 1. The Bertz CT molecular complexity index is 592. The molecule has 23 heavy (non-hydrogen) atoms. The molecule has 0 spiro atoms. The predicted octanol–water partition coefficient (Wildman–Crippen LogP) is 2.31. The van der Waals surface area contributed by atoms with Gasteiger partial charge in [0.25, 0.3) is 0 Å². The monoisotopic (exact) mass is 320 g/mol. The summed E-state index contributed by atoms with van der Waals surface area (Å²) >= 11 is 0. The van der Waals surface area contributed by atoms with Crippen LogP contribution in [0.1, 0.15) is 38.1 Å². The quantitative estimate of drug-likeness (QED) is 0.644. The van der Waals surface area contributed by atoms with Crippen molar-refractivity contribution < 1.29 is 19.1 Å². The average molecular weight is 320 g/mol. The second kappa shape index (κ2) is 7.76. The molecule has 1 N–H and O–H groups in total. The van der Waals surface area contributed by atoms with Crippen LogP contribution in [0.5, 0.6) is 0 Å². The van der Waals surface area contributed by atoms with Gasteiger partial charge in [0.1, 0.15) is 5.41 Å². The van der Waals surface area contributed by atoms with Crippen molar-refractivity contribution in [3.05, 3.63) is 29.8 Å². The lowest BCUT2D eigenvalue weighted by Crippen LogP contribution is -2.47. The van der Waals surface area contributed by atoms with Gasteiger partial charge in [-0.1, -0.05) is 12.1 Å². The van der Waals surface area contributed by atoms with Gasteiger partial charge >= 0.3 is 5.97 Å². The molecule has 0 aliphatic rings. The number of carbonyl (C=O) groups excluding carboxylic acids is 3. The lowest BCUT2D eigenvalue weighted by atomic mass is 9.90. The first kappa shape index (κ1) is 18.7. The number of para-hydroxylation sites is 1. The van der Waals surface area contributed by atoms with Crippen LogP contribution < -0.4 is 5.32 Å². The molecule has 0 atom stereocenters. The van der Waals surface area contributed by atoms with Gasteiger partial charge in [-0.25, -0.2) is 4.79 Å². The highest BCUT2D eigenvalue weighted by atomic mass is 16.5. The summed E-state index contributed by atoms with van der Waals surface area (Å²) in [5.74, 6) is -1.27. The minimum Gasteiger partial charge on any atom is -0.465 e. The van der Waals surface area contributed by atoms with Gasteiger partial charge in [-0.05, 0) is 39.8 Å². The minimum absolute atomic E-state index is 0.245. The lowest BCUT2D eigenvalue weighted by Gasteiger charge is -2.29. The molecule has 2 amide bonds.